The van der Waals surface area contributed by atoms with Crippen LogP contribution in [0.4, 0.5) is 0 Å². The Labute approximate surface area is 95.7 Å². The third-order valence-electron chi connectivity index (χ3n) is 3.56. The molecule has 1 aliphatic rings. The Hall–Kier alpha value is -1.06. The SMILES string of the molecule is CCCCC1CCCC(C(=O)O)C1C(=O)O. The lowest BCUT2D eigenvalue weighted by molar-refractivity contribution is -0.158. The van der Waals surface area contributed by atoms with Crippen LogP contribution in [-0.2, 0) is 9.59 Å². The predicted molar refractivity (Wildman–Crippen MR) is 59.1 cm³/mol. The van der Waals surface area contributed by atoms with Crippen LogP contribution in [0.2, 0.25) is 0 Å². The summed E-state index contributed by atoms with van der Waals surface area (Å²) in [5.74, 6) is -3.21. The summed E-state index contributed by atoms with van der Waals surface area (Å²) < 4.78 is 0. The van der Waals surface area contributed by atoms with Crippen molar-refractivity contribution in [3.63, 3.8) is 0 Å². The molecular weight excluding hydrogens is 208 g/mol. The summed E-state index contributed by atoms with van der Waals surface area (Å²) in [5, 5.41) is 18.2. The summed E-state index contributed by atoms with van der Waals surface area (Å²) in [4.78, 5) is 22.2. The Morgan fingerprint density at radius 3 is 2.38 bits per heavy atom. The average Bonchev–Trinajstić information content (AvgIpc) is 2.25. The molecule has 92 valence electrons. The molecule has 0 aromatic heterocycles. The minimum absolute atomic E-state index is 0.0484. The highest BCUT2D eigenvalue weighted by Gasteiger charge is 2.41. The molecular formula is C12H20O4. The Morgan fingerprint density at radius 2 is 1.88 bits per heavy atom. The lowest BCUT2D eigenvalue weighted by Gasteiger charge is -2.33. The van der Waals surface area contributed by atoms with Crippen LogP contribution in [0, 0.1) is 17.8 Å². The molecule has 4 heteroatoms. The van der Waals surface area contributed by atoms with Crippen molar-refractivity contribution >= 4 is 11.9 Å². The standard InChI is InChI=1S/C12H20O4/c1-2-3-5-8-6-4-7-9(11(13)14)10(8)12(15)16/h8-10H,2-7H2,1H3,(H,13,14)(H,15,16). The molecule has 3 unspecified atom stereocenters. The van der Waals surface area contributed by atoms with E-state index in [1.54, 1.807) is 0 Å². The molecule has 0 radical (unpaired) electrons. The molecule has 4 nitrogen and oxygen atoms in total. The quantitative estimate of drug-likeness (QED) is 0.757. The predicted octanol–water partition coefficient (Wildman–Crippen LogP) is 2.38. The number of unbranched alkanes of at least 4 members (excludes halogenated alkanes) is 1. The number of hydrogen-bond donors (Lipinski definition) is 2. The number of aliphatic carboxylic acids is 2. The van der Waals surface area contributed by atoms with Gasteiger partial charge in [0.1, 0.15) is 0 Å². The highest BCUT2D eigenvalue weighted by atomic mass is 16.4. The van der Waals surface area contributed by atoms with Gasteiger partial charge in [-0.1, -0.05) is 26.2 Å². The molecule has 0 spiro atoms. The van der Waals surface area contributed by atoms with Crippen LogP contribution in [0.1, 0.15) is 45.4 Å². The van der Waals surface area contributed by atoms with E-state index in [9.17, 15) is 9.59 Å². The van der Waals surface area contributed by atoms with Crippen LogP contribution < -0.4 is 0 Å². The van der Waals surface area contributed by atoms with E-state index in [2.05, 4.69) is 6.92 Å². The Kier molecular flexibility index (Phi) is 4.77. The van der Waals surface area contributed by atoms with Gasteiger partial charge in [-0.15, -0.1) is 0 Å². The summed E-state index contributed by atoms with van der Waals surface area (Å²) in [7, 11) is 0. The minimum Gasteiger partial charge on any atom is -0.481 e. The van der Waals surface area contributed by atoms with Crippen LogP contribution in [0.15, 0.2) is 0 Å². The van der Waals surface area contributed by atoms with Crippen molar-refractivity contribution in [2.75, 3.05) is 0 Å². The van der Waals surface area contributed by atoms with E-state index in [1.165, 1.54) is 0 Å². The normalized spacial score (nSPS) is 29.9. The number of carbonyl (C=O) groups is 2. The first-order valence-electron chi connectivity index (χ1n) is 6.03. The molecule has 0 amide bonds. The van der Waals surface area contributed by atoms with Crippen molar-refractivity contribution in [3.8, 4) is 0 Å². The van der Waals surface area contributed by atoms with Crippen LogP contribution in [0.25, 0.3) is 0 Å². The van der Waals surface area contributed by atoms with Gasteiger partial charge in [0.2, 0.25) is 0 Å². The van der Waals surface area contributed by atoms with Gasteiger partial charge in [-0.05, 0) is 25.2 Å². The summed E-state index contributed by atoms with van der Waals surface area (Å²) in [6.45, 7) is 2.06. The van der Waals surface area contributed by atoms with Crippen molar-refractivity contribution in [1.29, 1.82) is 0 Å². The lowest BCUT2D eigenvalue weighted by Crippen LogP contribution is -2.38. The van der Waals surface area contributed by atoms with E-state index in [0.717, 1.165) is 32.1 Å². The summed E-state index contributed by atoms with van der Waals surface area (Å²) in [5.41, 5.74) is 0. The Balaban J connectivity index is 2.74. The number of hydrogen-bond acceptors (Lipinski definition) is 2. The first-order chi connectivity index (χ1) is 7.57. The van der Waals surface area contributed by atoms with E-state index in [-0.39, 0.29) is 5.92 Å². The van der Waals surface area contributed by atoms with Crippen LogP contribution in [0.5, 0.6) is 0 Å². The zero-order chi connectivity index (χ0) is 12.1. The number of carboxylic acids is 2. The van der Waals surface area contributed by atoms with Gasteiger partial charge in [-0.2, -0.15) is 0 Å². The maximum Gasteiger partial charge on any atom is 0.307 e. The minimum atomic E-state index is -0.950. The molecule has 0 aromatic rings. The summed E-state index contributed by atoms with van der Waals surface area (Å²) in [6, 6.07) is 0. The lowest BCUT2D eigenvalue weighted by atomic mass is 9.70. The molecule has 0 bridgehead atoms. The molecule has 0 aromatic carbocycles. The smallest absolute Gasteiger partial charge is 0.307 e. The third-order valence-corrected chi connectivity index (χ3v) is 3.56. The summed E-state index contributed by atoms with van der Waals surface area (Å²) >= 11 is 0. The first-order valence-corrected chi connectivity index (χ1v) is 6.03. The van der Waals surface area contributed by atoms with Crippen molar-refractivity contribution < 1.29 is 19.8 Å². The Morgan fingerprint density at radius 1 is 1.19 bits per heavy atom. The fraction of sp³-hybridized carbons (Fsp3) is 0.833. The molecule has 0 saturated heterocycles. The number of carboxylic acid groups (broad SMARTS) is 2. The largest absolute Gasteiger partial charge is 0.481 e. The zero-order valence-electron chi connectivity index (χ0n) is 9.69. The molecule has 1 rings (SSSR count). The molecule has 1 fully saturated rings. The molecule has 0 aliphatic heterocycles. The molecule has 2 N–H and O–H groups in total. The number of rotatable bonds is 5. The van der Waals surface area contributed by atoms with Gasteiger partial charge in [0.25, 0.3) is 0 Å². The molecule has 3 atom stereocenters. The van der Waals surface area contributed by atoms with Crippen LogP contribution >= 0.6 is 0 Å². The van der Waals surface area contributed by atoms with E-state index >= 15 is 0 Å². The van der Waals surface area contributed by atoms with Gasteiger partial charge in [-0.25, -0.2) is 0 Å². The maximum atomic E-state index is 11.2. The Bertz CT molecular complexity index is 262. The fourth-order valence-electron chi connectivity index (χ4n) is 2.73. The monoisotopic (exact) mass is 228 g/mol. The van der Waals surface area contributed by atoms with Gasteiger partial charge in [0.05, 0.1) is 11.8 Å². The van der Waals surface area contributed by atoms with Crippen molar-refractivity contribution in [3.05, 3.63) is 0 Å². The topological polar surface area (TPSA) is 74.6 Å². The van der Waals surface area contributed by atoms with Gasteiger partial charge in [0, 0.05) is 0 Å². The molecule has 1 saturated carbocycles. The first kappa shape index (κ1) is 13.0. The van der Waals surface area contributed by atoms with E-state index in [0.29, 0.717) is 6.42 Å². The van der Waals surface area contributed by atoms with Crippen LogP contribution in [-0.4, -0.2) is 22.2 Å². The van der Waals surface area contributed by atoms with Gasteiger partial charge < -0.3 is 10.2 Å². The van der Waals surface area contributed by atoms with Gasteiger partial charge >= 0.3 is 11.9 Å². The second-order valence-corrected chi connectivity index (χ2v) is 4.64. The second-order valence-electron chi connectivity index (χ2n) is 4.64. The third kappa shape index (κ3) is 2.97. The molecule has 0 heterocycles. The van der Waals surface area contributed by atoms with Crippen molar-refractivity contribution in [1.82, 2.24) is 0 Å². The highest BCUT2D eigenvalue weighted by Crippen LogP contribution is 2.38. The van der Waals surface area contributed by atoms with E-state index < -0.39 is 23.8 Å². The van der Waals surface area contributed by atoms with Crippen LogP contribution in [0.3, 0.4) is 0 Å². The second kappa shape index (κ2) is 5.87. The van der Waals surface area contributed by atoms with Gasteiger partial charge in [0.15, 0.2) is 0 Å². The molecule has 1 aliphatic carbocycles. The van der Waals surface area contributed by atoms with Crippen molar-refractivity contribution in [2.45, 2.75) is 45.4 Å². The van der Waals surface area contributed by atoms with E-state index in [1.807, 2.05) is 0 Å². The molecule has 16 heavy (non-hydrogen) atoms. The fourth-order valence-corrected chi connectivity index (χ4v) is 2.73. The van der Waals surface area contributed by atoms with Gasteiger partial charge in [-0.3, -0.25) is 9.59 Å². The highest BCUT2D eigenvalue weighted by molar-refractivity contribution is 5.80. The zero-order valence-corrected chi connectivity index (χ0v) is 9.69. The van der Waals surface area contributed by atoms with E-state index in [4.69, 9.17) is 10.2 Å². The maximum absolute atomic E-state index is 11.2. The average molecular weight is 228 g/mol. The van der Waals surface area contributed by atoms with Crippen molar-refractivity contribution in [2.24, 2.45) is 17.8 Å². The summed E-state index contributed by atoms with van der Waals surface area (Å²) in [6.07, 6.45) is 5.07.